The molecule has 6 nitrogen and oxygen atoms in total. The largest absolute Gasteiger partial charge is 0.339 e. The fraction of sp³-hybridized carbons (Fsp3) is 0.318. The van der Waals surface area contributed by atoms with Gasteiger partial charge in [-0.2, -0.15) is 4.98 Å². The molecule has 1 amide bonds. The number of piperidine rings is 1. The zero-order chi connectivity index (χ0) is 19.8. The van der Waals surface area contributed by atoms with Gasteiger partial charge in [-0.15, -0.1) is 0 Å². The number of hydrogen-bond donors (Lipinski definition) is 1. The van der Waals surface area contributed by atoms with Crippen LogP contribution in [-0.2, 0) is 13.1 Å². The summed E-state index contributed by atoms with van der Waals surface area (Å²) in [6.07, 6.45) is 1.75. The summed E-state index contributed by atoms with van der Waals surface area (Å²) < 4.78 is 19.0. The molecular formula is C22H21FN4O2. The van der Waals surface area contributed by atoms with Crippen molar-refractivity contribution < 1.29 is 13.7 Å². The van der Waals surface area contributed by atoms with Gasteiger partial charge in [0.25, 0.3) is 5.91 Å². The summed E-state index contributed by atoms with van der Waals surface area (Å²) in [4.78, 5) is 19.6. The van der Waals surface area contributed by atoms with Gasteiger partial charge in [0, 0.05) is 37.3 Å². The van der Waals surface area contributed by atoms with Crippen molar-refractivity contribution in [1.29, 1.82) is 0 Å². The van der Waals surface area contributed by atoms with Crippen LogP contribution in [0.5, 0.6) is 0 Å². The predicted octanol–water partition coefficient (Wildman–Crippen LogP) is 3.50. The van der Waals surface area contributed by atoms with Crippen LogP contribution in [-0.4, -0.2) is 34.0 Å². The lowest BCUT2D eigenvalue weighted by Gasteiger charge is -2.31. The van der Waals surface area contributed by atoms with E-state index < -0.39 is 0 Å². The van der Waals surface area contributed by atoms with Gasteiger partial charge in [0.2, 0.25) is 11.7 Å². The number of nitrogens with one attached hydrogen (secondary N) is 1. The van der Waals surface area contributed by atoms with E-state index >= 15 is 0 Å². The van der Waals surface area contributed by atoms with Crippen LogP contribution in [0.1, 0.15) is 46.1 Å². The molecule has 3 aromatic rings. The van der Waals surface area contributed by atoms with E-state index in [0.717, 1.165) is 43.6 Å². The van der Waals surface area contributed by atoms with Crippen molar-refractivity contribution in [3.8, 4) is 11.4 Å². The summed E-state index contributed by atoms with van der Waals surface area (Å²) in [5.74, 6) is 0.572. The van der Waals surface area contributed by atoms with Crippen molar-refractivity contribution in [3.05, 3.63) is 70.9 Å². The first-order valence-electron chi connectivity index (χ1n) is 9.89. The van der Waals surface area contributed by atoms with E-state index in [1.54, 1.807) is 12.1 Å². The fourth-order valence-corrected chi connectivity index (χ4v) is 4.21. The molecular weight excluding hydrogens is 371 g/mol. The monoisotopic (exact) mass is 392 g/mol. The topological polar surface area (TPSA) is 71.3 Å². The van der Waals surface area contributed by atoms with Crippen LogP contribution in [0.15, 0.2) is 47.0 Å². The van der Waals surface area contributed by atoms with Crippen molar-refractivity contribution in [3.63, 3.8) is 0 Å². The van der Waals surface area contributed by atoms with E-state index in [2.05, 4.69) is 21.5 Å². The van der Waals surface area contributed by atoms with Gasteiger partial charge in [-0.1, -0.05) is 29.4 Å². The molecule has 148 valence electrons. The number of carbonyl (C=O) groups is 1. The summed E-state index contributed by atoms with van der Waals surface area (Å²) in [6, 6.07) is 12.1. The van der Waals surface area contributed by atoms with Gasteiger partial charge in [0.1, 0.15) is 5.82 Å². The fourth-order valence-electron chi connectivity index (χ4n) is 4.21. The molecule has 0 radical (unpaired) electrons. The number of rotatable bonds is 3. The highest BCUT2D eigenvalue weighted by Crippen LogP contribution is 2.29. The van der Waals surface area contributed by atoms with Gasteiger partial charge in [0.05, 0.1) is 5.92 Å². The smallest absolute Gasteiger partial charge is 0.254 e. The average molecular weight is 392 g/mol. The first-order valence-corrected chi connectivity index (χ1v) is 9.89. The van der Waals surface area contributed by atoms with Crippen LogP contribution >= 0.6 is 0 Å². The molecule has 0 saturated carbocycles. The maximum absolute atomic E-state index is 13.5. The zero-order valence-electron chi connectivity index (χ0n) is 15.9. The lowest BCUT2D eigenvalue weighted by atomic mass is 9.96. The molecule has 7 heteroatoms. The minimum Gasteiger partial charge on any atom is -0.339 e. The summed E-state index contributed by atoms with van der Waals surface area (Å²) in [5, 5.41) is 7.33. The third-order valence-electron chi connectivity index (χ3n) is 5.70. The highest BCUT2D eigenvalue weighted by atomic mass is 19.1. The molecule has 1 unspecified atom stereocenters. The Bertz CT molecular complexity index is 1060. The number of fused-ring (bicyclic) bond motifs is 1. The molecule has 29 heavy (non-hydrogen) atoms. The van der Waals surface area contributed by atoms with Crippen molar-refractivity contribution in [1.82, 2.24) is 20.4 Å². The third kappa shape index (κ3) is 3.42. The molecule has 0 aliphatic carbocycles. The third-order valence-corrected chi connectivity index (χ3v) is 5.70. The van der Waals surface area contributed by atoms with Crippen LogP contribution < -0.4 is 5.32 Å². The molecule has 1 fully saturated rings. The van der Waals surface area contributed by atoms with Crippen molar-refractivity contribution in [2.24, 2.45) is 0 Å². The van der Waals surface area contributed by atoms with E-state index in [1.807, 2.05) is 17.0 Å². The number of amides is 1. The predicted molar refractivity (Wildman–Crippen MR) is 105 cm³/mol. The molecule has 1 N–H and O–H groups in total. The number of carbonyl (C=O) groups excluding carboxylic acids is 1. The van der Waals surface area contributed by atoms with Gasteiger partial charge in [-0.25, -0.2) is 4.39 Å². The molecule has 3 heterocycles. The zero-order valence-corrected chi connectivity index (χ0v) is 15.9. The number of aromatic nitrogens is 2. The lowest BCUT2D eigenvalue weighted by Crippen LogP contribution is -2.39. The van der Waals surface area contributed by atoms with Crippen LogP contribution in [0.3, 0.4) is 0 Å². The normalized spacial score (nSPS) is 18.7. The molecule has 0 spiro atoms. The molecule has 2 aromatic carbocycles. The second kappa shape index (κ2) is 7.40. The van der Waals surface area contributed by atoms with E-state index in [-0.39, 0.29) is 17.6 Å². The highest BCUT2D eigenvalue weighted by Gasteiger charge is 2.30. The van der Waals surface area contributed by atoms with Crippen LogP contribution in [0.25, 0.3) is 11.4 Å². The van der Waals surface area contributed by atoms with E-state index in [1.165, 1.54) is 17.7 Å². The summed E-state index contributed by atoms with van der Waals surface area (Å²) >= 11 is 0. The number of hydrogen-bond acceptors (Lipinski definition) is 5. The minimum absolute atomic E-state index is 0.0163. The van der Waals surface area contributed by atoms with Gasteiger partial charge in [-0.05, 0) is 42.2 Å². The Labute approximate surface area is 167 Å². The SMILES string of the molecule is O=C(c1cccc2c1CNC2)N1CCCC(c2nc(-c3cccc(F)c3)no2)C1. The van der Waals surface area contributed by atoms with E-state index in [9.17, 15) is 9.18 Å². The molecule has 5 rings (SSSR count). The lowest BCUT2D eigenvalue weighted by molar-refractivity contribution is 0.0694. The molecule has 0 bridgehead atoms. The standard InChI is InChI=1S/C22H21FN4O2/c23-17-7-1-4-14(10-17)20-25-21(29-26-20)16-6-3-9-27(13-16)22(28)18-8-2-5-15-11-24-12-19(15)18/h1-2,4-5,7-8,10,16,24H,3,6,9,11-13H2. The Kier molecular flexibility index (Phi) is 4.60. The van der Waals surface area contributed by atoms with Crippen molar-refractivity contribution in [2.45, 2.75) is 31.8 Å². The van der Waals surface area contributed by atoms with Gasteiger partial charge in [-0.3, -0.25) is 4.79 Å². The Morgan fingerprint density at radius 3 is 3.00 bits per heavy atom. The van der Waals surface area contributed by atoms with Crippen molar-refractivity contribution >= 4 is 5.91 Å². The average Bonchev–Trinajstić information content (AvgIpc) is 3.43. The maximum atomic E-state index is 13.5. The minimum atomic E-state index is -0.340. The van der Waals surface area contributed by atoms with Gasteiger partial charge in [0.15, 0.2) is 0 Å². The number of benzene rings is 2. The molecule has 1 atom stereocenters. The number of halogens is 1. The number of likely N-dealkylation sites (tertiary alicyclic amines) is 1. The molecule has 2 aliphatic heterocycles. The Hall–Kier alpha value is -3.06. The highest BCUT2D eigenvalue weighted by molar-refractivity contribution is 5.96. The second-order valence-electron chi connectivity index (χ2n) is 7.60. The maximum Gasteiger partial charge on any atom is 0.254 e. The van der Waals surface area contributed by atoms with Gasteiger partial charge < -0.3 is 14.7 Å². The van der Waals surface area contributed by atoms with E-state index in [0.29, 0.717) is 23.8 Å². The summed E-state index contributed by atoms with van der Waals surface area (Å²) in [6.45, 7) is 2.80. The van der Waals surface area contributed by atoms with Gasteiger partial charge >= 0.3 is 0 Å². The summed E-state index contributed by atoms with van der Waals surface area (Å²) in [5.41, 5.74) is 3.65. The Morgan fingerprint density at radius 1 is 1.21 bits per heavy atom. The molecule has 1 saturated heterocycles. The van der Waals surface area contributed by atoms with Crippen LogP contribution in [0.4, 0.5) is 4.39 Å². The molecule has 1 aromatic heterocycles. The van der Waals surface area contributed by atoms with E-state index in [4.69, 9.17) is 4.52 Å². The first kappa shape index (κ1) is 18.0. The second-order valence-corrected chi connectivity index (χ2v) is 7.60. The first-order chi connectivity index (χ1) is 14.2. The Morgan fingerprint density at radius 2 is 2.10 bits per heavy atom. The summed E-state index contributed by atoms with van der Waals surface area (Å²) in [7, 11) is 0. The van der Waals surface area contributed by atoms with Crippen LogP contribution in [0.2, 0.25) is 0 Å². The van der Waals surface area contributed by atoms with Crippen LogP contribution in [0, 0.1) is 5.82 Å². The molecule has 2 aliphatic rings. The number of nitrogens with zero attached hydrogens (tertiary/aromatic N) is 3. The van der Waals surface area contributed by atoms with Crippen molar-refractivity contribution in [2.75, 3.05) is 13.1 Å². The Balaban J connectivity index is 1.35. The quantitative estimate of drug-likeness (QED) is 0.739.